The summed E-state index contributed by atoms with van der Waals surface area (Å²) < 4.78 is 73.6. The zero-order valence-corrected chi connectivity index (χ0v) is 18.5. The van der Waals surface area contributed by atoms with Gasteiger partial charge >= 0.3 is 6.18 Å². The molecule has 3 rings (SSSR count). The smallest absolute Gasteiger partial charge is 0.422 e. The van der Waals surface area contributed by atoms with Crippen LogP contribution in [0.2, 0.25) is 0 Å². The van der Waals surface area contributed by atoms with Gasteiger partial charge in [-0.15, -0.1) is 0 Å². The predicted octanol–water partition coefficient (Wildman–Crippen LogP) is 1.39. The second-order valence-electron chi connectivity index (χ2n) is 6.28. The van der Waals surface area contributed by atoms with Crippen LogP contribution in [0, 0.1) is 0 Å². The fraction of sp³-hybridized carbons (Fsp3) is 0.400. The van der Waals surface area contributed by atoms with Crippen molar-refractivity contribution in [2.45, 2.75) is 6.18 Å². The molecule has 0 atom stereocenters. The summed E-state index contributed by atoms with van der Waals surface area (Å²) in [5.41, 5.74) is 2.07. The van der Waals surface area contributed by atoms with Crippen LogP contribution < -0.4 is 20.3 Å². The molecule has 176 valence electrons. The molecule has 1 aliphatic rings. The Morgan fingerprint density at radius 2 is 2.19 bits per heavy atom. The molecule has 0 aliphatic carbocycles. The van der Waals surface area contributed by atoms with E-state index in [0.717, 1.165) is 0 Å². The van der Waals surface area contributed by atoms with Crippen LogP contribution in [0.1, 0.15) is 5.69 Å². The number of hydrogen-bond donors (Lipinski definition) is 4. The number of nitrogens with one attached hydrogen (secondary N) is 3. The van der Waals surface area contributed by atoms with Gasteiger partial charge < -0.3 is 10.1 Å². The molecule has 2 heterocycles. The lowest BCUT2D eigenvalue weighted by Crippen LogP contribution is -2.33. The Bertz CT molecular complexity index is 1080. The number of ether oxygens (including phenoxy) is 1. The normalized spacial score (nSPS) is 16.8. The molecule has 0 saturated carbocycles. The van der Waals surface area contributed by atoms with E-state index in [1.165, 1.54) is 22.5 Å². The van der Waals surface area contributed by atoms with Gasteiger partial charge in [0.1, 0.15) is 5.75 Å². The van der Waals surface area contributed by atoms with Gasteiger partial charge in [-0.1, -0.05) is 0 Å². The minimum Gasteiger partial charge on any atom is -0.483 e. The monoisotopic (exact) mass is 543 g/mol. The summed E-state index contributed by atoms with van der Waals surface area (Å²) in [6, 6.07) is 4.00. The Labute approximate surface area is 188 Å². The van der Waals surface area contributed by atoms with Crippen LogP contribution in [0.25, 0.3) is 0 Å². The van der Waals surface area contributed by atoms with E-state index in [1.54, 1.807) is 0 Å². The van der Waals surface area contributed by atoms with Crippen LogP contribution in [0.4, 0.5) is 24.7 Å². The van der Waals surface area contributed by atoms with E-state index in [9.17, 15) is 26.8 Å². The summed E-state index contributed by atoms with van der Waals surface area (Å²) >= 11 is 3.10. The first-order valence-electron chi connectivity index (χ1n) is 8.88. The van der Waals surface area contributed by atoms with Gasteiger partial charge in [0.05, 0.1) is 10.2 Å². The molecule has 0 bridgehead atoms. The van der Waals surface area contributed by atoms with Gasteiger partial charge in [-0.05, 0) is 44.4 Å². The van der Waals surface area contributed by atoms with Crippen LogP contribution >= 0.6 is 15.9 Å². The van der Waals surface area contributed by atoms with Crippen LogP contribution in [0.5, 0.6) is 5.75 Å². The first kappa shape index (κ1) is 24.2. The van der Waals surface area contributed by atoms with Gasteiger partial charge in [-0.2, -0.15) is 25.9 Å². The van der Waals surface area contributed by atoms with E-state index in [1.807, 2.05) is 5.48 Å². The molecule has 1 fully saturated rings. The van der Waals surface area contributed by atoms with E-state index in [-0.39, 0.29) is 46.3 Å². The highest BCUT2D eigenvalue weighted by molar-refractivity contribution is 9.10. The number of hydrogen-bond acceptors (Lipinski definition) is 9. The van der Waals surface area contributed by atoms with Crippen molar-refractivity contribution in [1.82, 2.24) is 24.8 Å². The van der Waals surface area contributed by atoms with Crippen molar-refractivity contribution in [3.8, 4) is 5.75 Å². The minimum absolute atomic E-state index is 0.0107. The maximum atomic E-state index is 12.3. The molecule has 4 N–H and O–H groups in total. The number of benzene rings is 1. The van der Waals surface area contributed by atoms with Gasteiger partial charge in [0.2, 0.25) is 5.82 Å². The van der Waals surface area contributed by atoms with Crippen molar-refractivity contribution in [3.05, 3.63) is 28.4 Å². The quantitative estimate of drug-likeness (QED) is 0.219. The standard InChI is InChI=1S/C15H17BrF3N7O5S/c16-10-7-9(1-2-11(10)30-8-15(17,18)19)22-14(23-27)12-13(25-31-24-12)20-3-5-26-6-4-21-32(26,28)29/h1-2,7,21,27H,3-6,8H2,(H,20,25)(H,22,23). The average Bonchev–Trinajstić information content (AvgIpc) is 3.31. The number of anilines is 1. The molecule has 0 radical (unpaired) electrons. The van der Waals surface area contributed by atoms with Crippen LogP contribution in [-0.4, -0.2) is 73.0 Å². The number of aromatic nitrogens is 2. The van der Waals surface area contributed by atoms with Crippen LogP contribution in [0.3, 0.4) is 0 Å². The molecule has 0 unspecified atom stereocenters. The molecular weight excluding hydrogens is 527 g/mol. The zero-order chi connectivity index (χ0) is 23.4. The number of nitrogens with zero attached hydrogens (tertiary/aromatic N) is 4. The predicted molar refractivity (Wildman–Crippen MR) is 108 cm³/mol. The van der Waals surface area contributed by atoms with Crippen molar-refractivity contribution < 1.29 is 36.2 Å². The van der Waals surface area contributed by atoms with Crippen LogP contribution in [0.15, 0.2) is 32.3 Å². The minimum atomic E-state index is -4.48. The van der Waals surface area contributed by atoms with E-state index in [4.69, 9.17) is 4.74 Å². The summed E-state index contributed by atoms with van der Waals surface area (Å²) in [7, 11) is -3.49. The third kappa shape index (κ3) is 6.28. The summed E-state index contributed by atoms with van der Waals surface area (Å²) in [5, 5.41) is 19.6. The highest BCUT2D eigenvalue weighted by Crippen LogP contribution is 2.31. The van der Waals surface area contributed by atoms with E-state index < -0.39 is 23.0 Å². The van der Waals surface area contributed by atoms with Gasteiger partial charge in [0.25, 0.3) is 10.2 Å². The number of aliphatic imine (C=N–C) groups is 1. The average molecular weight is 544 g/mol. The summed E-state index contributed by atoms with van der Waals surface area (Å²) in [5.74, 6) is -0.143. The van der Waals surface area contributed by atoms with Crippen LogP contribution in [-0.2, 0) is 10.2 Å². The van der Waals surface area contributed by atoms with Crippen molar-refractivity contribution in [2.75, 3.05) is 38.1 Å². The lowest BCUT2D eigenvalue weighted by Gasteiger charge is -2.13. The number of amidine groups is 1. The number of alkyl halides is 3. The van der Waals surface area contributed by atoms with E-state index in [0.29, 0.717) is 13.1 Å². The molecule has 12 nitrogen and oxygen atoms in total. The van der Waals surface area contributed by atoms with Crippen molar-refractivity contribution in [2.24, 2.45) is 4.99 Å². The fourth-order valence-electron chi connectivity index (χ4n) is 2.60. The molecule has 1 aliphatic heterocycles. The largest absolute Gasteiger partial charge is 0.483 e. The Kier molecular flexibility index (Phi) is 7.55. The molecule has 1 aromatic carbocycles. The third-order valence-electron chi connectivity index (χ3n) is 4.01. The van der Waals surface area contributed by atoms with Crippen molar-refractivity contribution >= 4 is 43.5 Å². The summed E-state index contributed by atoms with van der Waals surface area (Å²) in [4.78, 5) is 4.13. The zero-order valence-electron chi connectivity index (χ0n) is 16.1. The Morgan fingerprint density at radius 1 is 1.41 bits per heavy atom. The molecule has 1 saturated heterocycles. The third-order valence-corrected chi connectivity index (χ3v) is 6.24. The first-order valence-corrected chi connectivity index (χ1v) is 11.1. The molecule has 2 aromatic rings. The lowest BCUT2D eigenvalue weighted by molar-refractivity contribution is -0.153. The summed E-state index contributed by atoms with van der Waals surface area (Å²) in [6.45, 7) is -0.493. The van der Waals surface area contributed by atoms with Crippen molar-refractivity contribution in [1.29, 1.82) is 0 Å². The number of halogens is 4. The molecule has 0 amide bonds. The lowest BCUT2D eigenvalue weighted by atomic mass is 10.3. The molecule has 1 aromatic heterocycles. The van der Waals surface area contributed by atoms with E-state index in [2.05, 4.69) is 45.9 Å². The Balaban J connectivity index is 1.69. The molecular formula is C15H17BrF3N7O5S. The number of rotatable bonds is 8. The van der Waals surface area contributed by atoms with Crippen molar-refractivity contribution in [3.63, 3.8) is 0 Å². The fourth-order valence-corrected chi connectivity index (χ4v) is 4.27. The SMILES string of the molecule is O=S1(=O)NCCN1CCNc1nonc1C(=Nc1ccc(OCC(F)(F)F)c(Br)c1)NO. The Hall–Kier alpha value is -2.47. The maximum Gasteiger partial charge on any atom is 0.422 e. The van der Waals surface area contributed by atoms with Gasteiger partial charge in [-0.25, -0.2) is 14.3 Å². The highest BCUT2D eigenvalue weighted by atomic mass is 79.9. The number of hydroxylamine groups is 1. The second-order valence-corrected chi connectivity index (χ2v) is 8.89. The first-order chi connectivity index (χ1) is 15.1. The van der Waals surface area contributed by atoms with Gasteiger partial charge in [-0.3, -0.25) is 10.7 Å². The maximum absolute atomic E-state index is 12.3. The second kappa shape index (κ2) is 9.99. The van der Waals surface area contributed by atoms with Gasteiger partial charge in [0.15, 0.2) is 18.1 Å². The molecule has 0 spiro atoms. The molecule has 32 heavy (non-hydrogen) atoms. The summed E-state index contributed by atoms with van der Waals surface area (Å²) in [6.07, 6.45) is -4.48. The van der Waals surface area contributed by atoms with Gasteiger partial charge in [0, 0.05) is 26.2 Å². The topological polar surface area (TPSA) is 154 Å². The van der Waals surface area contributed by atoms with E-state index >= 15 is 0 Å². The highest BCUT2D eigenvalue weighted by Gasteiger charge is 2.29. The Morgan fingerprint density at radius 3 is 2.81 bits per heavy atom. The molecule has 17 heteroatoms.